The van der Waals surface area contributed by atoms with Crippen molar-refractivity contribution in [3.8, 4) is 0 Å². The molecule has 1 fully saturated rings. The monoisotopic (exact) mass is 222 g/mol. The van der Waals surface area contributed by atoms with Crippen LogP contribution in [-0.2, 0) is 9.53 Å². The lowest BCUT2D eigenvalue weighted by molar-refractivity contribution is -0.141. The molecule has 0 amide bonds. The van der Waals surface area contributed by atoms with Gasteiger partial charge in [0.05, 0.1) is 12.5 Å². The molecule has 1 aliphatic rings. The van der Waals surface area contributed by atoms with Gasteiger partial charge in [-0.15, -0.1) is 0 Å². The highest BCUT2D eigenvalue weighted by Gasteiger charge is 2.20. The fourth-order valence-corrected chi connectivity index (χ4v) is 1.40. The second-order valence-electron chi connectivity index (χ2n) is 2.99. The Kier molecular flexibility index (Phi) is 7.20. The predicted molar refractivity (Wildman–Crippen MR) is 52.5 cm³/mol. The number of rotatable bonds is 2. The van der Waals surface area contributed by atoms with E-state index in [9.17, 15) is 9.59 Å². The quantitative estimate of drug-likeness (QED) is 0.730. The summed E-state index contributed by atoms with van der Waals surface area (Å²) in [4.78, 5) is 19.8. The SMILES string of the molecule is CCOC(=O)Cl.O=C(O)C1CCCC1. The minimum Gasteiger partial charge on any atom is -0.481 e. The summed E-state index contributed by atoms with van der Waals surface area (Å²) >= 11 is 4.72. The van der Waals surface area contributed by atoms with E-state index in [1.54, 1.807) is 6.92 Å². The molecule has 1 aliphatic carbocycles. The number of hydrogen-bond donors (Lipinski definition) is 1. The maximum Gasteiger partial charge on any atom is 0.403 e. The summed E-state index contributed by atoms with van der Waals surface area (Å²) in [6, 6.07) is 0. The highest BCUT2D eigenvalue weighted by molar-refractivity contribution is 6.61. The van der Waals surface area contributed by atoms with E-state index in [0.717, 1.165) is 25.7 Å². The molecule has 0 aromatic rings. The lowest BCUT2D eigenvalue weighted by atomic mass is 10.1. The largest absolute Gasteiger partial charge is 0.481 e. The molecule has 1 rings (SSSR count). The zero-order valence-electron chi connectivity index (χ0n) is 8.16. The molecule has 0 aromatic heterocycles. The maximum absolute atomic E-state index is 10.2. The van der Waals surface area contributed by atoms with Crippen LogP contribution in [0.2, 0.25) is 0 Å². The molecule has 0 saturated heterocycles. The number of carboxylic acids is 1. The van der Waals surface area contributed by atoms with Gasteiger partial charge in [-0.2, -0.15) is 0 Å². The van der Waals surface area contributed by atoms with E-state index in [4.69, 9.17) is 16.7 Å². The molecule has 0 spiro atoms. The molecule has 0 aromatic carbocycles. The third-order valence-corrected chi connectivity index (χ3v) is 2.07. The Morgan fingerprint density at radius 2 is 1.93 bits per heavy atom. The first-order chi connectivity index (χ1) is 6.57. The van der Waals surface area contributed by atoms with Gasteiger partial charge in [0.2, 0.25) is 0 Å². The topological polar surface area (TPSA) is 63.6 Å². The van der Waals surface area contributed by atoms with Gasteiger partial charge in [0.25, 0.3) is 0 Å². The third-order valence-electron chi connectivity index (χ3n) is 1.96. The number of aliphatic carboxylic acids is 1. The summed E-state index contributed by atoms with van der Waals surface area (Å²) in [7, 11) is 0. The van der Waals surface area contributed by atoms with E-state index in [2.05, 4.69) is 4.74 Å². The summed E-state index contributed by atoms with van der Waals surface area (Å²) in [5, 5.41) is 8.41. The number of carbonyl (C=O) groups is 2. The molecule has 82 valence electrons. The maximum atomic E-state index is 10.2. The van der Waals surface area contributed by atoms with Gasteiger partial charge in [-0.3, -0.25) is 4.79 Å². The summed E-state index contributed by atoms with van der Waals surface area (Å²) in [6.07, 6.45) is 4.01. The van der Waals surface area contributed by atoms with E-state index in [1.165, 1.54) is 0 Å². The fourth-order valence-electron chi connectivity index (χ4n) is 1.29. The third kappa shape index (κ3) is 6.71. The second-order valence-corrected chi connectivity index (χ2v) is 3.30. The summed E-state index contributed by atoms with van der Waals surface area (Å²) in [5.41, 5.74) is -0.738. The number of halogens is 1. The normalized spacial score (nSPS) is 15.6. The van der Waals surface area contributed by atoms with Gasteiger partial charge >= 0.3 is 11.4 Å². The van der Waals surface area contributed by atoms with Crippen LogP contribution in [0.15, 0.2) is 0 Å². The lowest BCUT2D eigenvalue weighted by Gasteiger charge is -1.97. The molecule has 5 heteroatoms. The van der Waals surface area contributed by atoms with Gasteiger partial charge < -0.3 is 9.84 Å². The number of carbonyl (C=O) groups excluding carboxylic acids is 1. The minimum atomic E-state index is -0.738. The first-order valence-electron chi connectivity index (χ1n) is 4.63. The van der Waals surface area contributed by atoms with Gasteiger partial charge in [0, 0.05) is 11.6 Å². The average molecular weight is 223 g/mol. The van der Waals surface area contributed by atoms with Crippen LogP contribution in [-0.4, -0.2) is 23.1 Å². The summed E-state index contributed by atoms with van der Waals surface area (Å²) in [6.45, 7) is 2.04. The summed E-state index contributed by atoms with van der Waals surface area (Å²) < 4.78 is 4.17. The smallest absolute Gasteiger partial charge is 0.403 e. The molecular formula is C9H15ClO4. The van der Waals surface area contributed by atoms with E-state index in [1.807, 2.05) is 0 Å². The van der Waals surface area contributed by atoms with Gasteiger partial charge in [-0.25, -0.2) is 4.79 Å². The van der Waals surface area contributed by atoms with Crippen LogP contribution in [0.3, 0.4) is 0 Å². The first-order valence-corrected chi connectivity index (χ1v) is 5.00. The average Bonchev–Trinajstić information content (AvgIpc) is 2.56. The van der Waals surface area contributed by atoms with Crippen LogP contribution in [0.25, 0.3) is 0 Å². The van der Waals surface area contributed by atoms with Crippen LogP contribution >= 0.6 is 11.6 Å². The Morgan fingerprint density at radius 3 is 2.07 bits per heavy atom. The zero-order chi connectivity index (χ0) is 11.0. The van der Waals surface area contributed by atoms with Crippen molar-refractivity contribution in [3.63, 3.8) is 0 Å². The van der Waals surface area contributed by atoms with Crippen LogP contribution in [0, 0.1) is 5.92 Å². The molecule has 0 atom stereocenters. The molecule has 0 radical (unpaired) electrons. The van der Waals surface area contributed by atoms with E-state index < -0.39 is 11.4 Å². The van der Waals surface area contributed by atoms with Crippen molar-refractivity contribution >= 4 is 23.0 Å². The number of ether oxygens (including phenoxy) is 1. The number of carboxylic acid groups (broad SMARTS) is 1. The Bertz CT molecular complexity index is 187. The minimum absolute atomic E-state index is 0.0185. The standard InChI is InChI=1S/C6H10O2.C3H5ClO2/c7-6(8)5-3-1-2-4-5;1-2-6-3(4)5/h5H,1-4H2,(H,7,8);2H2,1H3. The van der Waals surface area contributed by atoms with Crippen molar-refractivity contribution in [1.82, 2.24) is 0 Å². The van der Waals surface area contributed by atoms with Gasteiger partial charge in [0.15, 0.2) is 0 Å². The molecule has 0 heterocycles. The Labute approximate surface area is 88.2 Å². The fraction of sp³-hybridized carbons (Fsp3) is 0.778. The molecule has 0 aliphatic heterocycles. The van der Waals surface area contributed by atoms with Crippen LogP contribution in [0.1, 0.15) is 32.6 Å². The Balaban J connectivity index is 0.000000255. The molecule has 14 heavy (non-hydrogen) atoms. The van der Waals surface area contributed by atoms with Crippen molar-refractivity contribution in [2.75, 3.05) is 6.61 Å². The van der Waals surface area contributed by atoms with Crippen molar-refractivity contribution in [1.29, 1.82) is 0 Å². The van der Waals surface area contributed by atoms with Crippen molar-refractivity contribution in [2.45, 2.75) is 32.6 Å². The Hall–Kier alpha value is -0.770. The molecule has 1 N–H and O–H groups in total. The van der Waals surface area contributed by atoms with Crippen molar-refractivity contribution in [3.05, 3.63) is 0 Å². The van der Waals surface area contributed by atoms with Crippen molar-refractivity contribution in [2.24, 2.45) is 5.92 Å². The van der Waals surface area contributed by atoms with E-state index >= 15 is 0 Å². The van der Waals surface area contributed by atoms with Gasteiger partial charge in [-0.05, 0) is 19.8 Å². The van der Waals surface area contributed by atoms with Crippen LogP contribution in [0.5, 0.6) is 0 Å². The zero-order valence-corrected chi connectivity index (χ0v) is 8.92. The molecule has 0 bridgehead atoms. The highest BCUT2D eigenvalue weighted by Crippen LogP contribution is 2.24. The predicted octanol–water partition coefficient (Wildman–Crippen LogP) is 2.64. The first kappa shape index (κ1) is 13.2. The van der Waals surface area contributed by atoms with E-state index in [0.29, 0.717) is 6.61 Å². The second kappa shape index (κ2) is 7.62. The highest BCUT2D eigenvalue weighted by atomic mass is 35.5. The molecular weight excluding hydrogens is 208 g/mol. The van der Waals surface area contributed by atoms with Crippen molar-refractivity contribution < 1.29 is 19.4 Å². The van der Waals surface area contributed by atoms with Crippen LogP contribution < -0.4 is 0 Å². The van der Waals surface area contributed by atoms with Gasteiger partial charge in [-0.1, -0.05) is 12.8 Å². The van der Waals surface area contributed by atoms with E-state index in [-0.39, 0.29) is 5.92 Å². The Morgan fingerprint density at radius 1 is 1.43 bits per heavy atom. The van der Waals surface area contributed by atoms with Gasteiger partial charge in [0.1, 0.15) is 0 Å². The summed E-state index contributed by atoms with van der Waals surface area (Å²) in [5.74, 6) is -0.627. The molecule has 4 nitrogen and oxygen atoms in total. The molecule has 1 saturated carbocycles. The van der Waals surface area contributed by atoms with Crippen LogP contribution in [0.4, 0.5) is 4.79 Å². The lowest BCUT2D eigenvalue weighted by Crippen LogP contribution is -2.07. The number of hydrogen-bond acceptors (Lipinski definition) is 3. The molecule has 0 unspecified atom stereocenters.